The number of likely N-dealkylation sites (tertiary alicyclic amines) is 2. The minimum absolute atomic E-state index is 0.0374. The number of amides is 2. The van der Waals surface area contributed by atoms with Crippen LogP contribution in [0.5, 0.6) is 0 Å². The molecule has 2 heterocycles. The van der Waals surface area contributed by atoms with Crippen LogP contribution in [0, 0.1) is 11.8 Å². The quantitative estimate of drug-likeness (QED) is 0.769. The molecule has 2 saturated heterocycles. The zero-order valence-electron chi connectivity index (χ0n) is 17.2. The van der Waals surface area contributed by atoms with E-state index in [0.29, 0.717) is 24.6 Å². The highest BCUT2D eigenvalue weighted by Crippen LogP contribution is 2.32. The number of benzene rings is 1. The number of carboxylic acids is 1. The first kappa shape index (κ1) is 20.2. The van der Waals surface area contributed by atoms with E-state index in [2.05, 4.69) is 10.2 Å². The topological polar surface area (TPSA) is 72.9 Å². The highest BCUT2D eigenvalue weighted by molar-refractivity contribution is 5.89. The third kappa shape index (κ3) is 5.30. The maximum absolute atomic E-state index is 12.6. The van der Waals surface area contributed by atoms with Crippen LogP contribution in [0.25, 0.3) is 0 Å². The van der Waals surface area contributed by atoms with Crippen LogP contribution in [0.4, 0.5) is 4.79 Å². The van der Waals surface area contributed by atoms with Crippen molar-refractivity contribution in [1.82, 2.24) is 15.1 Å². The van der Waals surface area contributed by atoms with E-state index in [0.717, 1.165) is 30.9 Å². The molecule has 6 nitrogen and oxygen atoms in total. The molecule has 6 heteroatoms. The van der Waals surface area contributed by atoms with E-state index in [1.165, 1.54) is 45.3 Å². The SMILES string of the molecule is O=C(O)c1ccccc1C1CCN(C(=O)NCC2CCN(CC3CC3)CC2)CC1. The number of carboxylic acid groups (broad SMARTS) is 1. The Balaban J connectivity index is 1.19. The first-order chi connectivity index (χ1) is 14.1. The Bertz CT molecular complexity index is 718. The number of aromatic carboxylic acids is 1. The molecule has 0 unspecified atom stereocenters. The molecule has 1 aromatic rings. The van der Waals surface area contributed by atoms with Crippen LogP contribution in [-0.2, 0) is 0 Å². The lowest BCUT2D eigenvalue weighted by Crippen LogP contribution is -2.46. The molecule has 0 spiro atoms. The maximum atomic E-state index is 12.6. The highest BCUT2D eigenvalue weighted by Gasteiger charge is 2.29. The normalized spacial score (nSPS) is 21.9. The average molecular weight is 400 g/mol. The van der Waals surface area contributed by atoms with Gasteiger partial charge in [0.2, 0.25) is 0 Å². The van der Waals surface area contributed by atoms with Crippen molar-refractivity contribution >= 4 is 12.0 Å². The summed E-state index contributed by atoms with van der Waals surface area (Å²) in [5.41, 5.74) is 1.29. The molecule has 2 amide bonds. The van der Waals surface area contributed by atoms with Gasteiger partial charge in [-0.25, -0.2) is 9.59 Å². The van der Waals surface area contributed by atoms with Gasteiger partial charge in [-0.2, -0.15) is 0 Å². The first-order valence-corrected chi connectivity index (χ1v) is 11.2. The molecule has 1 saturated carbocycles. The molecular weight excluding hydrogens is 366 g/mol. The minimum atomic E-state index is -0.871. The molecule has 1 aliphatic carbocycles. The van der Waals surface area contributed by atoms with Crippen molar-refractivity contribution in [3.8, 4) is 0 Å². The van der Waals surface area contributed by atoms with Gasteiger partial charge in [0.1, 0.15) is 0 Å². The van der Waals surface area contributed by atoms with Gasteiger partial charge >= 0.3 is 12.0 Å². The van der Waals surface area contributed by atoms with Gasteiger partial charge in [0.25, 0.3) is 0 Å². The van der Waals surface area contributed by atoms with Crippen molar-refractivity contribution in [2.45, 2.75) is 44.4 Å². The summed E-state index contributed by atoms with van der Waals surface area (Å²) < 4.78 is 0. The van der Waals surface area contributed by atoms with E-state index >= 15 is 0 Å². The second kappa shape index (κ2) is 9.16. The fourth-order valence-corrected chi connectivity index (χ4v) is 4.82. The Morgan fingerprint density at radius 2 is 1.62 bits per heavy atom. The molecule has 2 N–H and O–H groups in total. The summed E-state index contributed by atoms with van der Waals surface area (Å²) >= 11 is 0. The molecule has 3 aliphatic rings. The van der Waals surface area contributed by atoms with Crippen molar-refractivity contribution in [3.05, 3.63) is 35.4 Å². The second-order valence-corrected chi connectivity index (χ2v) is 9.03. The molecule has 2 aliphatic heterocycles. The van der Waals surface area contributed by atoms with E-state index in [9.17, 15) is 14.7 Å². The number of nitrogens with one attached hydrogen (secondary N) is 1. The van der Waals surface area contributed by atoms with Crippen LogP contribution in [0.3, 0.4) is 0 Å². The van der Waals surface area contributed by atoms with Crippen molar-refractivity contribution in [2.24, 2.45) is 11.8 Å². The summed E-state index contributed by atoms with van der Waals surface area (Å²) in [7, 11) is 0. The molecule has 0 bridgehead atoms. The van der Waals surface area contributed by atoms with Crippen LogP contribution in [0.2, 0.25) is 0 Å². The molecular formula is C23H33N3O3. The van der Waals surface area contributed by atoms with Crippen molar-refractivity contribution < 1.29 is 14.7 Å². The van der Waals surface area contributed by atoms with Crippen LogP contribution < -0.4 is 5.32 Å². The smallest absolute Gasteiger partial charge is 0.335 e. The van der Waals surface area contributed by atoms with Crippen LogP contribution in [0.1, 0.15) is 60.4 Å². The number of piperidine rings is 2. The number of carbonyl (C=O) groups is 2. The first-order valence-electron chi connectivity index (χ1n) is 11.2. The number of hydrogen-bond donors (Lipinski definition) is 2. The molecule has 3 fully saturated rings. The van der Waals surface area contributed by atoms with Crippen LogP contribution in [-0.4, -0.2) is 66.2 Å². The Kier molecular flexibility index (Phi) is 6.38. The Labute approximate surface area is 173 Å². The van der Waals surface area contributed by atoms with Gasteiger partial charge in [0.05, 0.1) is 5.56 Å². The van der Waals surface area contributed by atoms with E-state index in [1.54, 1.807) is 12.1 Å². The van der Waals surface area contributed by atoms with Crippen molar-refractivity contribution in [3.63, 3.8) is 0 Å². The number of urea groups is 1. The predicted octanol–water partition coefficient (Wildman–Crippen LogP) is 3.40. The minimum Gasteiger partial charge on any atom is -0.478 e. The fourth-order valence-electron chi connectivity index (χ4n) is 4.82. The molecule has 0 radical (unpaired) electrons. The van der Waals surface area contributed by atoms with E-state index in [4.69, 9.17) is 0 Å². The summed E-state index contributed by atoms with van der Waals surface area (Å²) in [5, 5.41) is 12.6. The number of nitrogens with zero attached hydrogens (tertiary/aromatic N) is 2. The Morgan fingerprint density at radius 3 is 2.28 bits per heavy atom. The van der Waals surface area contributed by atoms with Gasteiger partial charge in [0.15, 0.2) is 0 Å². The van der Waals surface area contributed by atoms with E-state index in [-0.39, 0.29) is 11.9 Å². The van der Waals surface area contributed by atoms with E-state index < -0.39 is 5.97 Å². The third-order valence-corrected chi connectivity index (χ3v) is 6.88. The second-order valence-electron chi connectivity index (χ2n) is 9.03. The maximum Gasteiger partial charge on any atom is 0.335 e. The number of rotatable bonds is 6. The lowest BCUT2D eigenvalue weighted by molar-refractivity contribution is 0.0694. The summed E-state index contributed by atoms with van der Waals surface area (Å²) in [6.07, 6.45) is 6.82. The highest BCUT2D eigenvalue weighted by atomic mass is 16.4. The van der Waals surface area contributed by atoms with Gasteiger partial charge in [-0.1, -0.05) is 18.2 Å². The van der Waals surface area contributed by atoms with Gasteiger partial charge in [-0.15, -0.1) is 0 Å². The number of carbonyl (C=O) groups excluding carboxylic acids is 1. The Morgan fingerprint density at radius 1 is 0.931 bits per heavy atom. The Hall–Kier alpha value is -2.08. The molecule has 4 rings (SSSR count). The average Bonchev–Trinajstić information content (AvgIpc) is 3.57. The van der Waals surface area contributed by atoms with Crippen LogP contribution in [0.15, 0.2) is 24.3 Å². The third-order valence-electron chi connectivity index (χ3n) is 6.88. The largest absolute Gasteiger partial charge is 0.478 e. The zero-order chi connectivity index (χ0) is 20.2. The van der Waals surface area contributed by atoms with Crippen molar-refractivity contribution in [1.29, 1.82) is 0 Å². The monoisotopic (exact) mass is 399 g/mol. The molecule has 1 aromatic carbocycles. The zero-order valence-corrected chi connectivity index (χ0v) is 17.2. The summed E-state index contributed by atoms with van der Waals surface area (Å²) in [6.45, 7) is 5.77. The van der Waals surface area contributed by atoms with Gasteiger partial charge in [0, 0.05) is 26.2 Å². The lowest BCUT2D eigenvalue weighted by atomic mass is 9.86. The van der Waals surface area contributed by atoms with Gasteiger partial charge in [-0.05, 0) is 81.0 Å². The summed E-state index contributed by atoms with van der Waals surface area (Å²) in [5.74, 6) is 0.886. The molecule has 158 valence electrons. The van der Waals surface area contributed by atoms with Crippen molar-refractivity contribution in [2.75, 3.05) is 39.3 Å². The summed E-state index contributed by atoms with van der Waals surface area (Å²) in [6, 6.07) is 7.30. The number of hydrogen-bond acceptors (Lipinski definition) is 3. The predicted molar refractivity (Wildman–Crippen MR) is 112 cm³/mol. The molecule has 29 heavy (non-hydrogen) atoms. The standard InChI is InChI=1S/C23H33N3O3/c27-22(28)21-4-2-1-3-20(21)19-9-13-26(14-10-19)23(29)24-15-17-7-11-25(12-8-17)16-18-5-6-18/h1-4,17-19H,5-16H2,(H,24,29)(H,27,28). The van der Waals surface area contributed by atoms with Gasteiger partial charge < -0.3 is 20.2 Å². The summed E-state index contributed by atoms with van der Waals surface area (Å²) in [4.78, 5) is 28.5. The molecule has 0 atom stereocenters. The van der Waals surface area contributed by atoms with Gasteiger partial charge in [-0.3, -0.25) is 0 Å². The van der Waals surface area contributed by atoms with Crippen LogP contribution >= 0.6 is 0 Å². The molecule has 0 aromatic heterocycles. The van der Waals surface area contributed by atoms with E-state index in [1.807, 2.05) is 17.0 Å². The fraction of sp³-hybridized carbons (Fsp3) is 0.652. The lowest BCUT2D eigenvalue weighted by Gasteiger charge is -2.34.